The van der Waals surface area contributed by atoms with Crippen molar-refractivity contribution in [1.29, 1.82) is 0 Å². The molecule has 0 fully saturated rings. The maximum Gasteiger partial charge on any atom is 0.272 e. The number of rotatable bonds is 7. The Kier molecular flexibility index (Phi) is 5.82. The van der Waals surface area contributed by atoms with Crippen LogP contribution in [0.3, 0.4) is 0 Å². The van der Waals surface area contributed by atoms with E-state index in [0.29, 0.717) is 30.9 Å². The van der Waals surface area contributed by atoms with E-state index >= 15 is 0 Å². The van der Waals surface area contributed by atoms with Gasteiger partial charge in [0, 0.05) is 23.7 Å². The summed E-state index contributed by atoms with van der Waals surface area (Å²) in [6.07, 6.45) is 0. The van der Waals surface area contributed by atoms with E-state index in [9.17, 15) is 14.9 Å². The lowest BCUT2D eigenvalue weighted by atomic mass is 10.1. The highest BCUT2D eigenvalue weighted by molar-refractivity contribution is 5.94. The molecule has 0 aliphatic rings. The Labute approximate surface area is 134 Å². The first-order valence-electron chi connectivity index (χ1n) is 7.23. The number of carbonyl (C=O) groups is 1. The summed E-state index contributed by atoms with van der Waals surface area (Å²) in [6, 6.07) is 14.1. The Morgan fingerprint density at radius 2 is 1.96 bits per heavy atom. The van der Waals surface area contributed by atoms with Gasteiger partial charge in [-0.2, -0.15) is 0 Å². The van der Waals surface area contributed by atoms with E-state index in [4.69, 9.17) is 4.74 Å². The number of nitro benzene ring substituents is 1. The second-order valence-electron chi connectivity index (χ2n) is 5.05. The largest absolute Gasteiger partial charge is 0.375 e. The fourth-order valence-electron chi connectivity index (χ4n) is 2.10. The number of ether oxygens (including phenoxy) is 1. The second kappa shape index (κ2) is 8.05. The summed E-state index contributed by atoms with van der Waals surface area (Å²) in [5.41, 5.74) is 1.94. The normalized spacial score (nSPS) is 10.3. The van der Waals surface area contributed by atoms with Gasteiger partial charge >= 0.3 is 0 Å². The third-order valence-corrected chi connectivity index (χ3v) is 3.30. The molecule has 0 spiro atoms. The van der Waals surface area contributed by atoms with Crippen molar-refractivity contribution in [3.8, 4) is 0 Å². The molecule has 6 heteroatoms. The number of nitrogens with zero attached hydrogens (tertiary/aromatic N) is 1. The maximum absolute atomic E-state index is 12.0. The van der Waals surface area contributed by atoms with Gasteiger partial charge in [-0.05, 0) is 24.6 Å². The molecule has 0 saturated heterocycles. The molecule has 0 atom stereocenters. The van der Waals surface area contributed by atoms with Crippen LogP contribution in [0.4, 0.5) is 5.69 Å². The van der Waals surface area contributed by atoms with Gasteiger partial charge in [-0.15, -0.1) is 0 Å². The highest BCUT2D eigenvalue weighted by Crippen LogP contribution is 2.18. The molecule has 0 heterocycles. The van der Waals surface area contributed by atoms with Crippen LogP contribution in [0, 0.1) is 17.0 Å². The molecule has 6 nitrogen and oxygen atoms in total. The van der Waals surface area contributed by atoms with Crippen LogP contribution >= 0.6 is 0 Å². The molecule has 0 radical (unpaired) electrons. The minimum atomic E-state index is -0.464. The standard InChI is InChI=1S/C17H18N2O4/c1-13-11-15(7-8-16(13)19(21)22)17(20)18-9-10-23-12-14-5-3-2-4-6-14/h2-8,11H,9-10,12H2,1H3,(H,18,20). The first-order chi connectivity index (χ1) is 11.1. The Hall–Kier alpha value is -2.73. The monoisotopic (exact) mass is 314 g/mol. The van der Waals surface area contributed by atoms with Gasteiger partial charge in [0.2, 0.25) is 0 Å². The average molecular weight is 314 g/mol. The number of hydrogen-bond donors (Lipinski definition) is 1. The van der Waals surface area contributed by atoms with Crippen LogP contribution in [-0.2, 0) is 11.3 Å². The lowest BCUT2D eigenvalue weighted by molar-refractivity contribution is -0.385. The van der Waals surface area contributed by atoms with Crippen molar-refractivity contribution in [3.05, 3.63) is 75.3 Å². The highest BCUT2D eigenvalue weighted by Gasteiger charge is 2.13. The van der Waals surface area contributed by atoms with Crippen molar-refractivity contribution in [3.63, 3.8) is 0 Å². The van der Waals surface area contributed by atoms with Crippen molar-refractivity contribution >= 4 is 11.6 Å². The van der Waals surface area contributed by atoms with Crippen LogP contribution in [0.25, 0.3) is 0 Å². The first kappa shape index (κ1) is 16.6. The summed E-state index contributed by atoms with van der Waals surface area (Å²) < 4.78 is 5.48. The number of benzene rings is 2. The summed E-state index contributed by atoms with van der Waals surface area (Å²) in [7, 11) is 0. The van der Waals surface area contributed by atoms with Crippen molar-refractivity contribution < 1.29 is 14.5 Å². The molecule has 0 saturated carbocycles. The first-order valence-corrected chi connectivity index (χ1v) is 7.23. The molecule has 2 aromatic carbocycles. The quantitative estimate of drug-likeness (QED) is 0.484. The molecule has 1 amide bonds. The van der Waals surface area contributed by atoms with E-state index in [1.54, 1.807) is 6.92 Å². The van der Waals surface area contributed by atoms with Gasteiger partial charge in [0.1, 0.15) is 0 Å². The molecule has 0 aromatic heterocycles. The van der Waals surface area contributed by atoms with Gasteiger partial charge in [0.25, 0.3) is 11.6 Å². The Morgan fingerprint density at radius 3 is 2.61 bits per heavy atom. The van der Waals surface area contributed by atoms with Crippen molar-refractivity contribution in [2.45, 2.75) is 13.5 Å². The Balaban J connectivity index is 1.76. The summed E-state index contributed by atoms with van der Waals surface area (Å²) in [5.74, 6) is -0.272. The lowest BCUT2D eigenvalue weighted by Crippen LogP contribution is -2.27. The highest BCUT2D eigenvalue weighted by atomic mass is 16.6. The van der Waals surface area contributed by atoms with Crippen molar-refractivity contribution in [1.82, 2.24) is 5.32 Å². The zero-order valence-electron chi connectivity index (χ0n) is 12.8. The van der Waals surface area contributed by atoms with E-state index in [2.05, 4.69) is 5.32 Å². The minimum absolute atomic E-state index is 0.00717. The number of nitro groups is 1. The zero-order chi connectivity index (χ0) is 16.7. The predicted molar refractivity (Wildman–Crippen MR) is 86.3 cm³/mol. The molecule has 120 valence electrons. The molecule has 0 aliphatic carbocycles. The maximum atomic E-state index is 12.0. The van der Waals surface area contributed by atoms with Gasteiger partial charge in [-0.3, -0.25) is 14.9 Å². The summed E-state index contributed by atoms with van der Waals surface area (Å²) in [6.45, 7) is 2.87. The molecular formula is C17H18N2O4. The van der Waals surface area contributed by atoms with Crippen LogP contribution in [0.5, 0.6) is 0 Å². The predicted octanol–water partition coefficient (Wildman–Crippen LogP) is 2.85. The topological polar surface area (TPSA) is 81.5 Å². The number of carbonyl (C=O) groups excluding carboxylic acids is 1. The summed E-state index contributed by atoms with van der Waals surface area (Å²) >= 11 is 0. The van der Waals surface area contributed by atoms with Crippen LogP contribution in [0.15, 0.2) is 48.5 Å². The molecule has 0 bridgehead atoms. The molecule has 1 N–H and O–H groups in total. The molecule has 2 aromatic rings. The second-order valence-corrected chi connectivity index (χ2v) is 5.05. The van der Waals surface area contributed by atoms with E-state index in [1.165, 1.54) is 18.2 Å². The Bertz CT molecular complexity index is 686. The van der Waals surface area contributed by atoms with Crippen molar-refractivity contribution in [2.24, 2.45) is 0 Å². The van der Waals surface area contributed by atoms with Gasteiger partial charge in [-0.1, -0.05) is 30.3 Å². The van der Waals surface area contributed by atoms with Gasteiger partial charge < -0.3 is 10.1 Å². The van der Waals surface area contributed by atoms with Gasteiger partial charge in [-0.25, -0.2) is 0 Å². The van der Waals surface area contributed by atoms with Crippen LogP contribution in [0.2, 0.25) is 0 Å². The van der Waals surface area contributed by atoms with Crippen LogP contribution in [-0.4, -0.2) is 24.0 Å². The van der Waals surface area contributed by atoms with E-state index in [1.807, 2.05) is 30.3 Å². The lowest BCUT2D eigenvalue weighted by Gasteiger charge is -2.07. The third kappa shape index (κ3) is 4.89. The van der Waals surface area contributed by atoms with Gasteiger partial charge in [0.05, 0.1) is 18.1 Å². The third-order valence-electron chi connectivity index (χ3n) is 3.30. The molecular weight excluding hydrogens is 296 g/mol. The molecule has 23 heavy (non-hydrogen) atoms. The molecule has 0 aliphatic heterocycles. The average Bonchev–Trinajstić information content (AvgIpc) is 2.55. The molecule has 2 rings (SSSR count). The zero-order valence-corrected chi connectivity index (χ0v) is 12.8. The SMILES string of the molecule is Cc1cc(C(=O)NCCOCc2ccccc2)ccc1[N+](=O)[O-]. The van der Waals surface area contributed by atoms with Crippen molar-refractivity contribution in [2.75, 3.05) is 13.2 Å². The Morgan fingerprint density at radius 1 is 1.22 bits per heavy atom. The smallest absolute Gasteiger partial charge is 0.272 e. The van der Waals surface area contributed by atoms with E-state index in [0.717, 1.165) is 5.56 Å². The number of aryl methyl sites for hydroxylation is 1. The minimum Gasteiger partial charge on any atom is -0.375 e. The summed E-state index contributed by atoms with van der Waals surface area (Å²) in [4.78, 5) is 22.3. The van der Waals surface area contributed by atoms with Crippen LogP contribution in [0.1, 0.15) is 21.5 Å². The summed E-state index contributed by atoms with van der Waals surface area (Å²) in [5, 5.41) is 13.5. The number of hydrogen-bond acceptors (Lipinski definition) is 4. The molecule has 0 unspecified atom stereocenters. The van der Waals surface area contributed by atoms with Gasteiger partial charge in [0.15, 0.2) is 0 Å². The fraction of sp³-hybridized carbons (Fsp3) is 0.235. The number of amides is 1. The van der Waals surface area contributed by atoms with Crippen LogP contribution < -0.4 is 5.32 Å². The van der Waals surface area contributed by atoms with E-state index in [-0.39, 0.29) is 11.6 Å². The fourth-order valence-corrected chi connectivity index (χ4v) is 2.10. The number of nitrogens with one attached hydrogen (secondary N) is 1. The van der Waals surface area contributed by atoms with E-state index < -0.39 is 4.92 Å².